The van der Waals surface area contributed by atoms with Crippen molar-refractivity contribution in [1.82, 2.24) is 10.2 Å². The van der Waals surface area contributed by atoms with E-state index in [0.717, 1.165) is 19.3 Å². The predicted octanol–water partition coefficient (Wildman–Crippen LogP) is 1.54. The first kappa shape index (κ1) is 17.5. The molecule has 2 amide bonds. The molecule has 0 spiro atoms. The number of hydrogen-bond donors (Lipinski definition) is 2. The van der Waals surface area contributed by atoms with Crippen molar-refractivity contribution in [1.29, 1.82) is 0 Å². The van der Waals surface area contributed by atoms with E-state index in [2.05, 4.69) is 5.32 Å². The molecule has 0 aliphatic carbocycles. The minimum absolute atomic E-state index is 0.0142. The molecule has 0 bridgehead atoms. The van der Waals surface area contributed by atoms with Gasteiger partial charge in [0.15, 0.2) is 0 Å². The van der Waals surface area contributed by atoms with Gasteiger partial charge in [0.1, 0.15) is 12.1 Å². The van der Waals surface area contributed by atoms with Crippen molar-refractivity contribution >= 4 is 17.8 Å². The molecule has 1 aliphatic heterocycles. The second-order valence-electron chi connectivity index (χ2n) is 5.54. The van der Waals surface area contributed by atoms with Gasteiger partial charge in [0.2, 0.25) is 11.8 Å². The highest BCUT2D eigenvalue weighted by Gasteiger charge is 2.33. The van der Waals surface area contributed by atoms with Gasteiger partial charge in [-0.25, -0.2) is 4.79 Å². The fourth-order valence-electron chi connectivity index (χ4n) is 2.67. The molecule has 1 saturated heterocycles. The summed E-state index contributed by atoms with van der Waals surface area (Å²) in [5.74, 6) is -1.37. The van der Waals surface area contributed by atoms with E-state index >= 15 is 0 Å². The van der Waals surface area contributed by atoms with Crippen LogP contribution in [0.4, 0.5) is 0 Å². The van der Waals surface area contributed by atoms with Gasteiger partial charge in [-0.15, -0.1) is 0 Å². The largest absolute Gasteiger partial charge is 0.480 e. The van der Waals surface area contributed by atoms with Gasteiger partial charge in [-0.3, -0.25) is 9.59 Å². The third-order valence-corrected chi connectivity index (χ3v) is 3.78. The average molecular weight is 298 g/mol. The number of piperidine rings is 1. The Kier molecular flexibility index (Phi) is 7.19. The number of carbonyl (C=O) groups excluding carboxylic acids is 2. The lowest BCUT2D eigenvalue weighted by molar-refractivity contribution is -0.146. The smallest absolute Gasteiger partial charge is 0.326 e. The van der Waals surface area contributed by atoms with Crippen LogP contribution in [0, 0.1) is 0 Å². The molecule has 1 aliphatic rings. The quantitative estimate of drug-likeness (QED) is 0.746. The molecular formula is C15H26N2O4. The van der Waals surface area contributed by atoms with E-state index in [4.69, 9.17) is 5.11 Å². The Morgan fingerprint density at radius 1 is 1.24 bits per heavy atom. The number of carboxylic acids is 1. The van der Waals surface area contributed by atoms with Gasteiger partial charge in [0.25, 0.3) is 0 Å². The molecule has 1 rings (SSSR count). The molecule has 6 nitrogen and oxygen atoms in total. The second kappa shape index (κ2) is 8.64. The lowest BCUT2D eigenvalue weighted by atomic mass is 10.00. The first-order valence-corrected chi connectivity index (χ1v) is 7.83. The Balaban J connectivity index is 2.72. The zero-order valence-corrected chi connectivity index (χ0v) is 12.9. The molecule has 0 radical (unpaired) electrons. The summed E-state index contributed by atoms with van der Waals surface area (Å²) in [7, 11) is 0. The third kappa shape index (κ3) is 5.02. The molecule has 0 saturated carbocycles. The van der Waals surface area contributed by atoms with Crippen molar-refractivity contribution in [2.24, 2.45) is 0 Å². The minimum Gasteiger partial charge on any atom is -0.480 e. The summed E-state index contributed by atoms with van der Waals surface area (Å²) in [6, 6.07) is -1.39. The Bertz CT molecular complexity index is 384. The molecule has 120 valence electrons. The summed E-state index contributed by atoms with van der Waals surface area (Å²) in [4.78, 5) is 37.2. The van der Waals surface area contributed by atoms with Crippen LogP contribution in [0.1, 0.15) is 58.8 Å². The van der Waals surface area contributed by atoms with Gasteiger partial charge in [-0.1, -0.05) is 20.3 Å². The molecule has 0 aromatic heterocycles. The molecule has 0 aromatic carbocycles. The summed E-state index contributed by atoms with van der Waals surface area (Å²) >= 11 is 0. The van der Waals surface area contributed by atoms with E-state index in [-0.39, 0.29) is 11.8 Å². The Morgan fingerprint density at radius 2 is 1.95 bits per heavy atom. The van der Waals surface area contributed by atoms with Crippen molar-refractivity contribution in [2.75, 3.05) is 6.54 Å². The van der Waals surface area contributed by atoms with E-state index < -0.39 is 18.1 Å². The van der Waals surface area contributed by atoms with Gasteiger partial charge >= 0.3 is 5.97 Å². The predicted molar refractivity (Wildman–Crippen MR) is 78.7 cm³/mol. The fourth-order valence-corrected chi connectivity index (χ4v) is 2.67. The van der Waals surface area contributed by atoms with Crippen LogP contribution in [0.15, 0.2) is 0 Å². The van der Waals surface area contributed by atoms with Crippen LogP contribution in [-0.2, 0) is 14.4 Å². The molecular weight excluding hydrogens is 272 g/mol. The maximum absolute atomic E-state index is 12.3. The highest BCUT2D eigenvalue weighted by Crippen LogP contribution is 2.19. The maximum atomic E-state index is 12.3. The molecule has 2 atom stereocenters. The van der Waals surface area contributed by atoms with Crippen molar-refractivity contribution in [3.05, 3.63) is 0 Å². The van der Waals surface area contributed by atoms with Crippen molar-refractivity contribution in [2.45, 2.75) is 70.9 Å². The average Bonchev–Trinajstić information content (AvgIpc) is 2.46. The number of carbonyl (C=O) groups is 3. The fraction of sp³-hybridized carbons (Fsp3) is 0.800. The number of carboxylic acid groups (broad SMARTS) is 1. The van der Waals surface area contributed by atoms with E-state index in [9.17, 15) is 14.4 Å². The maximum Gasteiger partial charge on any atom is 0.326 e. The molecule has 2 N–H and O–H groups in total. The van der Waals surface area contributed by atoms with E-state index in [1.165, 1.54) is 0 Å². The minimum atomic E-state index is -1.02. The van der Waals surface area contributed by atoms with Crippen LogP contribution in [0.2, 0.25) is 0 Å². The van der Waals surface area contributed by atoms with Crippen LogP contribution >= 0.6 is 0 Å². The molecule has 1 fully saturated rings. The first-order valence-electron chi connectivity index (χ1n) is 7.83. The number of hydrogen-bond acceptors (Lipinski definition) is 3. The zero-order valence-electron chi connectivity index (χ0n) is 12.9. The Labute approximate surface area is 125 Å². The molecule has 1 heterocycles. The van der Waals surface area contributed by atoms with Gasteiger partial charge < -0.3 is 15.3 Å². The monoisotopic (exact) mass is 298 g/mol. The van der Waals surface area contributed by atoms with E-state index in [0.29, 0.717) is 32.2 Å². The topological polar surface area (TPSA) is 86.7 Å². The summed E-state index contributed by atoms with van der Waals surface area (Å²) in [5.41, 5.74) is 0. The van der Waals surface area contributed by atoms with Gasteiger partial charge in [0, 0.05) is 13.0 Å². The van der Waals surface area contributed by atoms with Crippen molar-refractivity contribution in [3.8, 4) is 0 Å². The summed E-state index contributed by atoms with van der Waals surface area (Å²) < 4.78 is 0. The lowest BCUT2D eigenvalue weighted by Gasteiger charge is -2.35. The van der Waals surface area contributed by atoms with E-state index in [1.807, 2.05) is 13.8 Å². The van der Waals surface area contributed by atoms with Crippen molar-refractivity contribution < 1.29 is 19.5 Å². The normalized spacial score (nSPS) is 19.9. The van der Waals surface area contributed by atoms with Crippen LogP contribution in [0.3, 0.4) is 0 Å². The summed E-state index contributed by atoms with van der Waals surface area (Å²) in [5, 5.41) is 11.7. The molecule has 0 aromatic rings. The Hall–Kier alpha value is -1.59. The zero-order chi connectivity index (χ0) is 15.8. The third-order valence-electron chi connectivity index (χ3n) is 3.78. The number of likely N-dealkylation sites (tertiary alicyclic amines) is 1. The van der Waals surface area contributed by atoms with Crippen LogP contribution in [-0.4, -0.2) is 46.4 Å². The lowest BCUT2D eigenvalue weighted by Crippen LogP contribution is -2.54. The number of nitrogens with zero attached hydrogens (tertiary/aromatic N) is 1. The van der Waals surface area contributed by atoms with Crippen LogP contribution in [0.25, 0.3) is 0 Å². The number of rotatable bonds is 7. The van der Waals surface area contributed by atoms with Crippen LogP contribution < -0.4 is 5.32 Å². The standard InChI is InChI=1S/C15H26N2O4/c1-3-7-11(15(20)21)16-14(19)12-9-5-6-10-17(12)13(18)8-4-2/h11-12H,3-10H2,1-2H3,(H,16,19)(H,20,21)/t11-,12+/m1/s1. The second-order valence-corrected chi connectivity index (χ2v) is 5.54. The van der Waals surface area contributed by atoms with Gasteiger partial charge in [-0.2, -0.15) is 0 Å². The van der Waals surface area contributed by atoms with Gasteiger partial charge in [-0.05, 0) is 32.1 Å². The molecule has 6 heteroatoms. The molecule has 0 unspecified atom stereocenters. The molecule has 21 heavy (non-hydrogen) atoms. The summed E-state index contributed by atoms with van der Waals surface area (Å²) in [6.07, 6.45) is 4.66. The van der Waals surface area contributed by atoms with Gasteiger partial charge in [0.05, 0.1) is 0 Å². The summed E-state index contributed by atoms with van der Waals surface area (Å²) in [6.45, 7) is 4.39. The number of amides is 2. The highest BCUT2D eigenvalue weighted by molar-refractivity contribution is 5.90. The SMILES string of the molecule is CCCC(=O)N1CCCC[C@H]1C(=O)N[C@H](CCC)C(=O)O. The van der Waals surface area contributed by atoms with Crippen molar-refractivity contribution in [3.63, 3.8) is 0 Å². The first-order chi connectivity index (χ1) is 10.0. The Morgan fingerprint density at radius 3 is 2.52 bits per heavy atom. The van der Waals surface area contributed by atoms with Crippen LogP contribution in [0.5, 0.6) is 0 Å². The number of aliphatic carboxylic acids is 1. The number of nitrogens with one attached hydrogen (secondary N) is 1. The highest BCUT2D eigenvalue weighted by atomic mass is 16.4. The van der Waals surface area contributed by atoms with E-state index in [1.54, 1.807) is 4.90 Å².